The molecule has 0 bridgehead atoms. The maximum atomic E-state index is 12.5. The van der Waals surface area contributed by atoms with Gasteiger partial charge in [-0.1, -0.05) is 31.5 Å². The Morgan fingerprint density at radius 1 is 1.12 bits per heavy atom. The highest BCUT2D eigenvalue weighted by Crippen LogP contribution is 2.23. The largest absolute Gasteiger partial charge is 0.484 e. The van der Waals surface area contributed by atoms with Gasteiger partial charge in [0.05, 0.1) is 4.90 Å². The van der Waals surface area contributed by atoms with E-state index in [1.807, 2.05) is 13.0 Å². The van der Waals surface area contributed by atoms with Crippen LogP contribution in [0, 0.1) is 6.92 Å². The Morgan fingerprint density at radius 3 is 2.50 bits per heavy atom. The van der Waals surface area contributed by atoms with E-state index in [-0.39, 0.29) is 17.4 Å². The Bertz CT molecular complexity index is 836. The molecule has 6 nitrogen and oxygen atoms in total. The predicted octanol–water partition coefficient (Wildman–Crippen LogP) is 3.09. The van der Waals surface area contributed by atoms with Crippen molar-refractivity contribution in [1.82, 2.24) is 5.32 Å². The molecule has 2 rings (SSSR count). The van der Waals surface area contributed by atoms with Gasteiger partial charge in [-0.2, -0.15) is 0 Å². The molecule has 0 spiro atoms. The van der Waals surface area contributed by atoms with Crippen LogP contribution in [0.15, 0.2) is 53.4 Å². The van der Waals surface area contributed by atoms with Crippen molar-refractivity contribution < 1.29 is 17.9 Å². The minimum atomic E-state index is -3.68. The van der Waals surface area contributed by atoms with Gasteiger partial charge in [0, 0.05) is 12.2 Å². The number of benzene rings is 2. The third-order valence-corrected chi connectivity index (χ3v) is 5.07. The Morgan fingerprint density at radius 2 is 1.85 bits per heavy atom. The van der Waals surface area contributed by atoms with Gasteiger partial charge in [0.25, 0.3) is 15.9 Å². The van der Waals surface area contributed by atoms with Crippen LogP contribution in [-0.2, 0) is 14.8 Å². The second-order valence-electron chi connectivity index (χ2n) is 5.89. The minimum Gasteiger partial charge on any atom is -0.484 e. The van der Waals surface area contributed by atoms with Gasteiger partial charge < -0.3 is 10.1 Å². The molecule has 0 fully saturated rings. The molecule has 0 aliphatic carbocycles. The molecule has 0 radical (unpaired) electrons. The van der Waals surface area contributed by atoms with Crippen LogP contribution in [0.2, 0.25) is 0 Å². The Hall–Kier alpha value is -2.54. The number of hydrogen-bond acceptors (Lipinski definition) is 4. The summed E-state index contributed by atoms with van der Waals surface area (Å²) in [6, 6.07) is 13.2. The van der Waals surface area contributed by atoms with E-state index in [0.29, 0.717) is 23.5 Å². The number of hydrogen-bond donors (Lipinski definition) is 2. The number of para-hydroxylation sites is 1. The van der Waals surface area contributed by atoms with E-state index >= 15 is 0 Å². The van der Waals surface area contributed by atoms with Crippen LogP contribution in [0.5, 0.6) is 5.75 Å². The summed E-state index contributed by atoms with van der Waals surface area (Å²) in [6.45, 7) is 4.32. The van der Waals surface area contributed by atoms with Crippen molar-refractivity contribution in [3.05, 3.63) is 54.1 Å². The van der Waals surface area contributed by atoms with Crippen molar-refractivity contribution in [3.8, 4) is 5.75 Å². The van der Waals surface area contributed by atoms with Crippen molar-refractivity contribution in [2.45, 2.75) is 31.6 Å². The fraction of sp³-hybridized carbons (Fsp3) is 0.316. The lowest BCUT2D eigenvalue weighted by molar-refractivity contribution is -0.123. The van der Waals surface area contributed by atoms with E-state index in [2.05, 4.69) is 10.0 Å². The number of carbonyl (C=O) groups is 1. The summed E-state index contributed by atoms with van der Waals surface area (Å²) in [4.78, 5) is 11.8. The molecule has 7 heteroatoms. The van der Waals surface area contributed by atoms with Gasteiger partial charge in [-0.3, -0.25) is 9.52 Å². The van der Waals surface area contributed by atoms with Gasteiger partial charge in [0.2, 0.25) is 0 Å². The summed E-state index contributed by atoms with van der Waals surface area (Å²) < 4.78 is 32.9. The standard InChI is InChI=1S/C19H24N2O4S/c1-3-4-12-20-19(22)14-25-18-11-10-17(13-15(18)2)26(23,24)21-16-8-6-5-7-9-16/h5-11,13,21H,3-4,12,14H2,1-2H3,(H,20,22). The topological polar surface area (TPSA) is 84.5 Å². The number of aryl methyl sites for hydroxylation is 1. The molecule has 1 amide bonds. The van der Waals surface area contributed by atoms with Crippen LogP contribution in [0.4, 0.5) is 5.69 Å². The van der Waals surface area contributed by atoms with Crippen LogP contribution in [0.3, 0.4) is 0 Å². The highest BCUT2D eigenvalue weighted by molar-refractivity contribution is 7.92. The van der Waals surface area contributed by atoms with Crippen LogP contribution < -0.4 is 14.8 Å². The molecule has 2 aromatic carbocycles. The van der Waals surface area contributed by atoms with E-state index in [0.717, 1.165) is 12.8 Å². The number of carbonyl (C=O) groups excluding carboxylic acids is 1. The van der Waals surface area contributed by atoms with Crippen LogP contribution >= 0.6 is 0 Å². The third kappa shape index (κ3) is 5.77. The van der Waals surface area contributed by atoms with Gasteiger partial charge in [-0.25, -0.2) is 8.42 Å². The molecule has 26 heavy (non-hydrogen) atoms. The molecule has 2 aromatic rings. The first-order chi connectivity index (χ1) is 12.4. The molecule has 0 saturated heterocycles. The second-order valence-corrected chi connectivity index (χ2v) is 7.57. The molecular formula is C19H24N2O4S. The van der Waals surface area contributed by atoms with Crippen molar-refractivity contribution >= 4 is 21.6 Å². The summed E-state index contributed by atoms with van der Waals surface area (Å²) in [5, 5.41) is 2.77. The molecule has 0 aromatic heterocycles. The van der Waals surface area contributed by atoms with Gasteiger partial charge in [0.15, 0.2) is 6.61 Å². The molecular weight excluding hydrogens is 352 g/mol. The van der Waals surface area contributed by atoms with E-state index in [9.17, 15) is 13.2 Å². The van der Waals surface area contributed by atoms with E-state index in [4.69, 9.17) is 4.74 Å². The van der Waals surface area contributed by atoms with Crippen molar-refractivity contribution in [2.24, 2.45) is 0 Å². The fourth-order valence-corrected chi connectivity index (χ4v) is 3.41. The monoisotopic (exact) mass is 376 g/mol. The number of amides is 1. The van der Waals surface area contributed by atoms with Gasteiger partial charge in [-0.15, -0.1) is 0 Å². The summed E-state index contributed by atoms with van der Waals surface area (Å²) in [5.74, 6) is 0.287. The molecule has 0 atom stereocenters. The van der Waals surface area contributed by atoms with E-state index in [1.165, 1.54) is 12.1 Å². The van der Waals surface area contributed by atoms with Crippen molar-refractivity contribution in [1.29, 1.82) is 0 Å². The first kappa shape index (κ1) is 19.8. The SMILES string of the molecule is CCCCNC(=O)COc1ccc(S(=O)(=O)Nc2ccccc2)cc1C. The lowest BCUT2D eigenvalue weighted by Crippen LogP contribution is -2.29. The molecule has 140 valence electrons. The smallest absolute Gasteiger partial charge is 0.261 e. The zero-order valence-electron chi connectivity index (χ0n) is 15.0. The molecule has 2 N–H and O–H groups in total. The minimum absolute atomic E-state index is 0.0983. The molecule has 0 unspecified atom stereocenters. The van der Waals surface area contributed by atoms with Gasteiger partial charge in [0.1, 0.15) is 5.75 Å². The number of sulfonamides is 1. The maximum Gasteiger partial charge on any atom is 0.261 e. The number of nitrogens with one attached hydrogen (secondary N) is 2. The lowest BCUT2D eigenvalue weighted by Gasteiger charge is -2.12. The quantitative estimate of drug-likeness (QED) is 0.659. The normalized spacial score (nSPS) is 11.0. The highest BCUT2D eigenvalue weighted by atomic mass is 32.2. The predicted molar refractivity (Wildman–Crippen MR) is 102 cm³/mol. The Labute approximate surface area is 154 Å². The molecule has 0 heterocycles. The third-order valence-electron chi connectivity index (χ3n) is 3.69. The Balaban J connectivity index is 2.01. The first-order valence-electron chi connectivity index (χ1n) is 8.50. The van der Waals surface area contributed by atoms with Gasteiger partial charge in [-0.05, 0) is 49.2 Å². The zero-order valence-corrected chi connectivity index (χ0v) is 15.8. The van der Waals surface area contributed by atoms with E-state index in [1.54, 1.807) is 37.3 Å². The fourth-order valence-electron chi connectivity index (χ4n) is 2.27. The molecule has 0 saturated carbocycles. The molecule has 0 aliphatic heterocycles. The van der Waals surface area contributed by atoms with Crippen LogP contribution in [0.1, 0.15) is 25.3 Å². The van der Waals surface area contributed by atoms with Crippen LogP contribution in [0.25, 0.3) is 0 Å². The highest BCUT2D eigenvalue weighted by Gasteiger charge is 2.16. The Kier molecular flexibility index (Phi) is 7.03. The number of rotatable bonds is 9. The first-order valence-corrected chi connectivity index (χ1v) is 9.98. The number of anilines is 1. The lowest BCUT2D eigenvalue weighted by atomic mass is 10.2. The summed E-state index contributed by atoms with van der Waals surface area (Å²) >= 11 is 0. The van der Waals surface area contributed by atoms with Crippen LogP contribution in [-0.4, -0.2) is 27.5 Å². The number of ether oxygens (including phenoxy) is 1. The zero-order chi connectivity index (χ0) is 19.0. The van der Waals surface area contributed by atoms with Crippen molar-refractivity contribution in [2.75, 3.05) is 17.9 Å². The second kappa shape index (κ2) is 9.24. The summed E-state index contributed by atoms with van der Waals surface area (Å²) in [7, 11) is -3.68. The summed E-state index contributed by atoms with van der Waals surface area (Å²) in [5.41, 5.74) is 1.14. The van der Waals surface area contributed by atoms with E-state index < -0.39 is 10.0 Å². The number of unbranched alkanes of at least 4 members (excludes halogenated alkanes) is 1. The maximum absolute atomic E-state index is 12.5. The average Bonchev–Trinajstić information content (AvgIpc) is 2.61. The average molecular weight is 376 g/mol. The molecule has 0 aliphatic rings. The van der Waals surface area contributed by atoms with Gasteiger partial charge >= 0.3 is 0 Å². The van der Waals surface area contributed by atoms with Crippen molar-refractivity contribution in [3.63, 3.8) is 0 Å². The summed E-state index contributed by atoms with van der Waals surface area (Å²) in [6.07, 6.45) is 1.93.